The minimum absolute atomic E-state index is 0.388. The molecule has 1 saturated heterocycles. The van der Waals surface area contributed by atoms with E-state index in [1.54, 1.807) is 14.2 Å². The van der Waals surface area contributed by atoms with Crippen molar-refractivity contribution in [1.82, 2.24) is 10.2 Å². The Hall–Kier alpha value is -1.26. The van der Waals surface area contributed by atoms with Crippen molar-refractivity contribution in [3.8, 4) is 11.5 Å². The van der Waals surface area contributed by atoms with Crippen molar-refractivity contribution in [3.05, 3.63) is 23.8 Å². The summed E-state index contributed by atoms with van der Waals surface area (Å²) in [4.78, 5) is 2.43. The van der Waals surface area contributed by atoms with Gasteiger partial charge in [-0.05, 0) is 51.5 Å². The highest BCUT2D eigenvalue weighted by atomic mass is 16.5. The lowest BCUT2D eigenvalue weighted by molar-refractivity contribution is 0.260. The maximum Gasteiger partial charge on any atom is 0.165 e. The van der Waals surface area contributed by atoms with Crippen LogP contribution in [-0.2, 0) is 0 Å². The molecule has 2 rings (SSSR count). The SMILES string of the molecule is CCCNCC1CCN(C)C1c1cccc(OC)c1OC. The normalized spacial score (nSPS) is 22.5. The molecule has 1 aliphatic rings. The van der Waals surface area contributed by atoms with Gasteiger partial charge in [-0.25, -0.2) is 0 Å². The molecule has 2 atom stereocenters. The van der Waals surface area contributed by atoms with Gasteiger partial charge in [-0.15, -0.1) is 0 Å². The smallest absolute Gasteiger partial charge is 0.165 e. The number of nitrogens with zero attached hydrogens (tertiary/aromatic N) is 1. The fraction of sp³-hybridized carbons (Fsp3) is 0.647. The van der Waals surface area contributed by atoms with Crippen molar-refractivity contribution in [1.29, 1.82) is 0 Å². The van der Waals surface area contributed by atoms with Gasteiger partial charge in [-0.3, -0.25) is 4.90 Å². The lowest BCUT2D eigenvalue weighted by atomic mass is 9.92. The highest BCUT2D eigenvalue weighted by molar-refractivity contribution is 5.48. The molecule has 21 heavy (non-hydrogen) atoms. The van der Waals surface area contributed by atoms with E-state index in [2.05, 4.69) is 36.3 Å². The molecule has 0 bridgehead atoms. The molecule has 1 aromatic carbocycles. The number of rotatable bonds is 7. The number of benzene rings is 1. The van der Waals surface area contributed by atoms with Gasteiger partial charge in [-0.1, -0.05) is 19.1 Å². The monoisotopic (exact) mass is 292 g/mol. The van der Waals surface area contributed by atoms with Crippen molar-refractivity contribution in [3.63, 3.8) is 0 Å². The highest BCUT2D eigenvalue weighted by Gasteiger charge is 2.35. The Kier molecular flexibility index (Phi) is 5.88. The Morgan fingerprint density at radius 2 is 2.10 bits per heavy atom. The fourth-order valence-corrected chi connectivity index (χ4v) is 3.34. The van der Waals surface area contributed by atoms with E-state index in [-0.39, 0.29) is 0 Å². The van der Waals surface area contributed by atoms with Gasteiger partial charge >= 0.3 is 0 Å². The molecule has 1 fully saturated rings. The Morgan fingerprint density at radius 3 is 2.76 bits per heavy atom. The quantitative estimate of drug-likeness (QED) is 0.784. The summed E-state index contributed by atoms with van der Waals surface area (Å²) in [6.07, 6.45) is 2.40. The Balaban J connectivity index is 2.24. The second kappa shape index (κ2) is 7.66. The van der Waals surface area contributed by atoms with Gasteiger partial charge in [0.1, 0.15) is 0 Å². The predicted octanol–water partition coefficient (Wildman–Crippen LogP) is 2.70. The van der Waals surface area contributed by atoms with Gasteiger partial charge in [0.25, 0.3) is 0 Å². The van der Waals surface area contributed by atoms with Crippen molar-refractivity contribution in [2.24, 2.45) is 5.92 Å². The molecule has 0 saturated carbocycles. The molecule has 4 nitrogen and oxygen atoms in total. The molecule has 1 aromatic rings. The maximum atomic E-state index is 5.63. The molecule has 4 heteroatoms. The van der Waals surface area contributed by atoms with Crippen LogP contribution >= 0.6 is 0 Å². The van der Waals surface area contributed by atoms with Gasteiger partial charge in [0.2, 0.25) is 0 Å². The van der Waals surface area contributed by atoms with E-state index in [9.17, 15) is 0 Å². The number of nitrogens with one attached hydrogen (secondary N) is 1. The van der Waals surface area contributed by atoms with E-state index >= 15 is 0 Å². The van der Waals surface area contributed by atoms with Crippen molar-refractivity contribution < 1.29 is 9.47 Å². The zero-order valence-electron chi connectivity index (χ0n) is 13.7. The average Bonchev–Trinajstić information content (AvgIpc) is 2.87. The molecule has 1 heterocycles. The molecule has 2 unspecified atom stereocenters. The standard InChI is InChI=1S/C17H28N2O2/c1-5-10-18-12-13-9-11-19(2)16(13)14-7-6-8-15(20-3)17(14)21-4/h6-8,13,16,18H,5,9-12H2,1-4H3. The Bertz CT molecular complexity index is 450. The van der Waals surface area contributed by atoms with E-state index < -0.39 is 0 Å². The number of methoxy groups -OCH3 is 2. The van der Waals surface area contributed by atoms with Crippen LogP contribution in [0.2, 0.25) is 0 Å². The van der Waals surface area contributed by atoms with E-state index in [0.717, 1.165) is 31.1 Å². The van der Waals surface area contributed by atoms with Gasteiger partial charge in [0.15, 0.2) is 11.5 Å². The first-order valence-electron chi connectivity index (χ1n) is 7.84. The van der Waals surface area contributed by atoms with Gasteiger partial charge in [0, 0.05) is 11.6 Å². The van der Waals surface area contributed by atoms with Crippen LogP contribution in [0, 0.1) is 5.92 Å². The van der Waals surface area contributed by atoms with E-state index in [4.69, 9.17) is 9.47 Å². The third-order valence-electron chi connectivity index (χ3n) is 4.36. The number of hydrogen-bond donors (Lipinski definition) is 1. The fourth-order valence-electron chi connectivity index (χ4n) is 3.34. The van der Waals surface area contributed by atoms with Gasteiger partial charge < -0.3 is 14.8 Å². The Labute approximate surface area is 128 Å². The summed E-state index contributed by atoms with van der Waals surface area (Å²) >= 11 is 0. The maximum absolute atomic E-state index is 5.63. The lowest BCUT2D eigenvalue weighted by Crippen LogP contribution is -2.29. The van der Waals surface area contributed by atoms with Crippen LogP contribution < -0.4 is 14.8 Å². The number of likely N-dealkylation sites (tertiary alicyclic amines) is 1. The highest BCUT2D eigenvalue weighted by Crippen LogP contribution is 2.43. The summed E-state index contributed by atoms with van der Waals surface area (Å²) in [6.45, 7) is 5.48. The van der Waals surface area contributed by atoms with Crippen molar-refractivity contribution in [2.75, 3.05) is 40.9 Å². The molecule has 0 amide bonds. The van der Waals surface area contributed by atoms with Crippen LogP contribution in [0.5, 0.6) is 11.5 Å². The van der Waals surface area contributed by atoms with Crippen LogP contribution in [0.3, 0.4) is 0 Å². The van der Waals surface area contributed by atoms with Crippen LogP contribution in [0.15, 0.2) is 18.2 Å². The van der Waals surface area contributed by atoms with Gasteiger partial charge in [0.05, 0.1) is 14.2 Å². The molecule has 0 aliphatic carbocycles. The molecule has 0 aromatic heterocycles. The van der Waals surface area contributed by atoms with Crippen LogP contribution in [-0.4, -0.2) is 45.8 Å². The van der Waals surface area contributed by atoms with Crippen LogP contribution in [0.25, 0.3) is 0 Å². The molecular weight excluding hydrogens is 264 g/mol. The van der Waals surface area contributed by atoms with E-state index in [0.29, 0.717) is 12.0 Å². The van der Waals surface area contributed by atoms with Crippen molar-refractivity contribution >= 4 is 0 Å². The first-order chi connectivity index (χ1) is 10.2. The first-order valence-corrected chi connectivity index (χ1v) is 7.84. The lowest BCUT2D eigenvalue weighted by Gasteiger charge is -2.28. The topological polar surface area (TPSA) is 33.7 Å². The molecule has 118 valence electrons. The first kappa shape index (κ1) is 16.1. The Morgan fingerprint density at radius 1 is 1.29 bits per heavy atom. The number of ether oxygens (including phenoxy) is 2. The second-order valence-corrected chi connectivity index (χ2v) is 5.76. The number of para-hydroxylation sites is 1. The summed E-state index contributed by atoms with van der Waals surface area (Å²) in [5.41, 5.74) is 1.24. The summed E-state index contributed by atoms with van der Waals surface area (Å²) in [5.74, 6) is 2.30. The minimum Gasteiger partial charge on any atom is -0.493 e. The van der Waals surface area contributed by atoms with Crippen LogP contribution in [0.1, 0.15) is 31.4 Å². The largest absolute Gasteiger partial charge is 0.493 e. The molecular formula is C17H28N2O2. The molecule has 1 aliphatic heterocycles. The summed E-state index contributed by atoms with van der Waals surface area (Å²) in [5, 5.41) is 3.56. The zero-order valence-corrected chi connectivity index (χ0v) is 13.7. The van der Waals surface area contributed by atoms with Crippen LogP contribution in [0.4, 0.5) is 0 Å². The molecule has 0 radical (unpaired) electrons. The van der Waals surface area contributed by atoms with Crippen molar-refractivity contribution in [2.45, 2.75) is 25.8 Å². The third kappa shape index (κ3) is 3.50. The second-order valence-electron chi connectivity index (χ2n) is 5.76. The van der Waals surface area contributed by atoms with E-state index in [1.165, 1.54) is 18.4 Å². The third-order valence-corrected chi connectivity index (χ3v) is 4.36. The zero-order chi connectivity index (χ0) is 15.2. The average molecular weight is 292 g/mol. The molecule has 0 spiro atoms. The minimum atomic E-state index is 0.388. The van der Waals surface area contributed by atoms with Gasteiger partial charge in [-0.2, -0.15) is 0 Å². The summed E-state index contributed by atoms with van der Waals surface area (Å²) < 4.78 is 11.1. The summed E-state index contributed by atoms with van der Waals surface area (Å²) in [6, 6.07) is 6.57. The molecule has 1 N–H and O–H groups in total. The van der Waals surface area contributed by atoms with E-state index in [1.807, 2.05) is 6.07 Å². The summed E-state index contributed by atoms with van der Waals surface area (Å²) in [7, 11) is 5.62. The number of hydrogen-bond acceptors (Lipinski definition) is 4. The predicted molar refractivity (Wildman–Crippen MR) is 86.2 cm³/mol.